The number of aromatic nitrogens is 4. The fourth-order valence-electron chi connectivity index (χ4n) is 2.46. The average Bonchev–Trinajstić information content (AvgIpc) is 2.99. The Morgan fingerprint density at radius 3 is 2.85 bits per heavy atom. The zero-order valence-corrected chi connectivity index (χ0v) is 16.0. The Morgan fingerprint density at radius 1 is 1.42 bits per heavy atom. The van der Waals surface area contributed by atoms with Crippen molar-refractivity contribution in [2.75, 3.05) is 0 Å². The molecule has 6 nitrogen and oxygen atoms in total. The highest BCUT2D eigenvalue weighted by Crippen LogP contribution is 2.36. The highest BCUT2D eigenvalue weighted by atomic mass is 35.5. The van der Waals surface area contributed by atoms with Gasteiger partial charge in [0, 0.05) is 35.1 Å². The van der Waals surface area contributed by atoms with E-state index in [0.717, 1.165) is 29.9 Å². The van der Waals surface area contributed by atoms with Gasteiger partial charge >= 0.3 is 0 Å². The van der Waals surface area contributed by atoms with Gasteiger partial charge in [0.25, 0.3) is 6.43 Å². The molecule has 26 heavy (non-hydrogen) atoms. The summed E-state index contributed by atoms with van der Waals surface area (Å²) in [6, 6.07) is 0. The summed E-state index contributed by atoms with van der Waals surface area (Å²) in [6.07, 6.45) is 4.57. The van der Waals surface area contributed by atoms with E-state index in [1.165, 1.54) is 0 Å². The van der Waals surface area contributed by atoms with Crippen LogP contribution in [0, 0.1) is 0 Å². The van der Waals surface area contributed by atoms with E-state index in [4.69, 9.17) is 11.6 Å². The molecule has 1 aliphatic carbocycles. The highest BCUT2D eigenvalue weighted by Gasteiger charge is 2.39. The molecule has 0 bridgehead atoms. The van der Waals surface area contributed by atoms with Crippen LogP contribution in [0.2, 0.25) is 0 Å². The van der Waals surface area contributed by atoms with Crippen molar-refractivity contribution in [3.05, 3.63) is 32.9 Å². The summed E-state index contributed by atoms with van der Waals surface area (Å²) in [5, 5.41) is 7.74. The van der Waals surface area contributed by atoms with Crippen LogP contribution in [0.1, 0.15) is 36.9 Å². The summed E-state index contributed by atoms with van der Waals surface area (Å²) in [4.78, 5) is 4.76. The van der Waals surface area contributed by atoms with Crippen molar-refractivity contribution in [1.82, 2.24) is 24.5 Å². The Morgan fingerprint density at radius 2 is 2.19 bits per heavy atom. The monoisotopic (exact) mass is 417 g/mol. The van der Waals surface area contributed by atoms with E-state index in [0.29, 0.717) is 22.2 Å². The first-order valence-electron chi connectivity index (χ1n) is 7.80. The molecule has 11 heteroatoms. The molecule has 3 heterocycles. The van der Waals surface area contributed by atoms with Gasteiger partial charge in [-0.2, -0.15) is 0 Å². The van der Waals surface area contributed by atoms with Crippen LogP contribution in [0.25, 0.3) is 17.0 Å². The topological polar surface area (TPSA) is 72.7 Å². The van der Waals surface area contributed by atoms with Gasteiger partial charge in [0.15, 0.2) is 15.8 Å². The van der Waals surface area contributed by atoms with Gasteiger partial charge in [0.05, 0.1) is 4.91 Å². The van der Waals surface area contributed by atoms with Gasteiger partial charge in [0.2, 0.25) is 0 Å². The molecule has 0 spiro atoms. The normalized spacial score (nSPS) is 19.6. The largest absolute Gasteiger partial charge is 0.300 e. The number of halogens is 3. The van der Waals surface area contributed by atoms with Crippen molar-refractivity contribution in [2.24, 2.45) is 0 Å². The van der Waals surface area contributed by atoms with Gasteiger partial charge in [-0.25, -0.2) is 22.7 Å². The first-order chi connectivity index (χ1) is 12.3. The van der Waals surface area contributed by atoms with Crippen LogP contribution < -0.4 is 4.72 Å². The summed E-state index contributed by atoms with van der Waals surface area (Å²) in [6.45, 7) is 2.01. The summed E-state index contributed by atoms with van der Waals surface area (Å²) in [5.74, 6) is 0.372. The zero-order valence-electron chi connectivity index (χ0n) is 13.6. The van der Waals surface area contributed by atoms with Gasteiger partial charge < -0.3 is 0 Å². The number of fused-ring (bicyclic) bond motifs is 1. The maximum absolute atomic E-state index is 12.8. The minimum absolute atomic E-state index is 0.121. The molecule has 0 amide bonds. The van der Waals surface area contributed by atoms with Crippen molar-refractivity contribution in [3.8, 4) is 10.8 Å². The maximum atomic E-state index is 12.8. The predicted octanol–water partition coefficient (Wildman–Crippen LogP) is 3.62. The van der Waals surface area contributed by atoms with Crippen molar-refractivity contribution in [1.29, 1.82) is 0 Å². The molecule has 138 valence electrons. The lowest BCUT2D eigenvalue weighted by atomic mass is 10.3. The molecule has 1 aliphatic heterocycles. The van der Waals surface area contributed by atoms with Crippen molar-refractivity contribution in [3.63, 3.8) is 0 Å². The second-order valence-electron chi connectivity index (χ2n) is 6.42. The maximum Gasteiger partial charge on any atom is 0.291 e. The smallest absolute Gasteiger partial charge is 0.291 e. The van der Waals surface area contributed by atoms with E-state index >= 15 is 0 Å². The Labute approximate surface area is 159 Å². The molecule has 1 fully saturated rings. The molecule has 2 aromatic heterocycles. The van der Waals surface area contributed by atoms with E-state index in [9.17, 15) is 13.0 Å². The summed E-state index contributed by atoms with van der Waals surface area (Å²) >= 11 is 7.05. The number of nitrogens with one attached hydrogen (secondary N) is 1. The lowest BCUT2D eigenvalue weighted by Gasteiger charge is -2.11. The standard InChI is InChI=1S/C15H14ClF2N5OS2/c1-15(2-3-15)22-26(24)10-5-8(16)4-9-6-19-12(23(9)7-10)14-21-20-13(25-14)11(17)18/h5-7,11,22H,2-4H2,1H3. The van der Waals surface area contributed by atoms with E-state index < -0.39 is 17.4 Å². The number of imidazole rings is 1. The third-order valence-electron chi connectivity index (χ3n) is 4.15. The van der Waals surface area contributed by atoms with Crippen molar-refractivity contribution < 1.29 is 13.0 Å². The van der Waals surface area contributed by atoms with E-state index in [1.807, 2.05) is 6.92 Å². The lowest BCUT2D eigenvalue weighted by molar-refractivity contribution is 0.150. The number of allylic oxidation sites excluding steroid dienone is 2. The van der Waals surface area contributed by atoms with Crippen LogP contribution in [-0.2, 0) is 17.4 Å². The number of nitrogens with zero attached hydrogens (tertiary/aromatic N) is 4. The summed E-state index contributed by atoms with van der Waals surface area (Å²) in [5.41, 5.74) is 0.629. The molecule has 1 atom stereocenters. The molecule has 2 aromatic rings. The quantitative estimate of drug-likeness (QED) is 0.806. The van der Waals surface area contributed by atoms with E-state index in [-0.39, 0.29) is 15.6 Å². The minimum atomic E-state index is -2.68. The number of hydrogen-bond acceptors (Lipinski definition) is 5. The second kappa shape index (κ2) is 6.59. The van der Waals surface area contributed by atoms with Gasteiger partial charge in [-0.1, -0.05) is 22.9 Å². The Balaban J connectivity index is 1.72. The zero-order chi connectivity index (χ0) is 18.5. The van der Waals surface area contributed by atoms with Gasteiger partial charge in [-0.3, -0.25) is 4.57 Å². The molecule has 1 unspecified atom stereocenters. The third-order valence-corrected chi connectivity index (χ3v) is 6.65. The molecule has 1 saturated carbocycles. The molecule has 2 aliphatic rings. The average molecular weight is 418 g/mol. The molecular formula is C15H14ClF2N5OS2. The minimum Gasteiger partial charge on any atom is -0.300 e. The predicted molar refractivity (Wildman–Crippen MR) is 96.9 cm³/mol. The van der Waals surface area contributed by atoms with Crippen molar-refractivity contribution in [2.45, 2.75) is 38.2 Å². The fourth-order valence-corrected chi connectivity index (χ4v) is 4.69. The molecule has 0 radical (unpaired) electrons. The van der Waals surface area contributed by atoms with Crippen molar-refractivity contribution >= 4 is 40.1 Å². The van der Waals surface area contributed by atoms with Crippen LogP contribution in [0.3, 0.4) is 0 Å². The van der Waals surface area contributed by atoms with E-state index in [1.54, 1.807) is 23.0 Å². The molecule has 1 N–H and O–H groups in total. The number of rotatable bonds is 5. The number of alkyl halides is 2. The lowest BCUT2D eigenvalue weighted by Crippen LogP contribution is -2.30. The summed E-state index contributed by atoms with van der Waals surface area (Å²) in [7, 11) is -1.45. The van der Waals surface area contributed by atoms with Gasteiger partial charge in [0.1, 0.15) is 11.0 Å². The molecule has 4 rings (SSSR count). The van der Waals surface area contributed by atoms with Crippen LogP contribution in [-0.4, -0.2) is 29.5 Å². The van der Waals surface area contributed by atoms with E-state index in [2.05, 4.69) is 19.9 Å². The molecular weight excluding hydrogens is 404 g/mol. The van der Waals surface area contributed by atoms with Crippen LogP contribution in [0.5, 0.6) is 0 Å². The summed E-state index contributed by atoms with van der Waals surface area (Å²) < 4.78 is 43.1. The van der Waals surface area contributed by atoms with Gasteiger partial charge in [-0.15, -0.1) is 10.2 Å². The van der Waals surface area contributed by atoms with Gasteiger partial charge in [-0.05, 0) is 25.8 Å². The first kappa shape index (κ1) is 17.9. The molecule has 0 saturated heterocycles. The third kappa shape index (κ3) is 3.51. The Bertz CT molecular complexity index is 948. The fraction of sp³-hybridized carbons (Fsp3) is 0.400. The van der Waals surface area contributed by atoms with Crippen LogP contribution >= 0.6 is 22.9 Å². The molecule has 0 aromatic carbocycles. The van der Waals surface area contributed by atoms with Crippen LogP contribution in [0.4, 0.5) is 8.78 Å². The second-order valence-corrected chi connectivity index (χ2v) is 9.13. The highest BCUT2D eigenvalue weighted by molar-refractivity contribution is 7.87. The SMILES string of the molecule is CC1(NS(=O)C2=Cn3c(cnc3-c3nnc(C(F)F)s3)CC(Cl)=C2)CC1. The first-order valence-corrected chi connectivity index (χ1v) is 10.1. The Kier molecular flexibility index (Phi) is 4.54. The number of hydrogen-bond donors (Lipinski definition) is 1. The van der Waals surface area contributed by atoms with Crippen LogP contribution in [0.15, 0.2) is 22.2 Å². The Hall–Kier alpha value is -1.49.